The fraction of sp³-hybridized carbons (Fsp3) is 0.118. The zero-order valence-corrected chi connectivity index (χ0v) is 12.3. The number of anilines is 2. The molecular formula is C17H18N2O3. The highest BCUT2D eigenvalue weighted by atomic mass is 16.5. The molecule has 2 aromatic rings. The molecule has 0 aliphatic carbocycles. The molecule has 2 aromatic carbocycles. The molecule has 0 heterocycles. The number of aliphatic hydroxyl groups excluding tert-OH is 1. The van der Waals surface area contributed by atoms with Crippen molar-refractivity contribution in [3.05, 3.63) is 72.6 Å². The summed E-state index contributed by atoms with van der Waals surface area (Å²) in [6.45, 7) is 3.67. The summed E-state index contributed by atoms with van der Waals surface area (Å²) in [6.07, 6.45) is -0.517. The van der Waals surface area contributed by atoms with Gasteiger partial charge in [0.1, 0.15) is 6.61 Å². The molecule has 0 radical (unpaired) electrons. The van der Waals surface area contributed by atoms with Crippen LogP contribution in [0.1, 0.15) is 5.56 Å². The predicted molar refractivity (Wildman–Crippen MR) is 86.9 cm³/mol. The summed E-state index contributed by atoms with van der Waals surface area (Å²) < 4.78 is 5.13. The van der Waals surface area contributed by atoms with E-state index in [0.29, 0.717) is 5.69 Å². The lowest BCUT2D eigenvalue weighted by Gasteiger charge is -2.17. The number of benzene rings is 2. The van der Waals surface area contributed by atoms with Gasteiger partial charge in [0.25, 0.3) is 0 Å². The number of aliphatic hydroxyl groups is 1. The number of carbonyl (C=O) groups is 1. The van der Waals surface area contributed by atoms with Gasteiger partial charge in [-0.15, -0.1) is 0 Å². The second-order valence-corrected chi connectivity index (χ2v) is 4.71. The number of rotatable bonds is 5. The zero-order valence-electron chi connectivity index (χ0n) is 12.3. The van der Waals surface area contributed by atoms with Gasteiger partial charge in [0, 0.05) is 18.4 Å². The van der Waals surface area contributed by atoms with E-state index in [0.717, 1.165) is 11.3 Å². The smallest absolute Gasteiger partial charge is 0.411 e. The van der Waals surface area contributed by atoms with Gasteiger partial charge < -0.3 is 14.7 Å². The Morgan fingerprint density at radius 2 is 1.82 bits per heavy atom. The first kappa shape index (κ1) is 15.4. The van der Waals surface area contributed by atoms with E-state index in [1.807, 2.05) is 30.3 Å². The number of carbonyl (C=O) groups excluding carboxylic acids is 1. The lowest BCUT2D eigenvalue weighted by atomic mass is 10.2. The quantitative estimate of drug-likeness (QED) is 0.822. The molecule has 0 bridgehead atoms. The van der Waals surface area contributed by atoms with Crippen molar-refractivity contribution in [2.75, 3.05) is 17.3 Å². The van der Waals surface area contributed by atoms with E-state index in [2.05, 4.69) is 11.9 Å². The minimum atomic E-state index is -0.517. The van der Waals surface area contributed by atoms with Crippen molar-refractivity contribution < 1.29 is 14.6 Å². The second kappa shape index (κ2) is 7.17. The van der Waals surface area contributed by atoms with Gasteiger partial charge in [-0.05, 0) is 36.4 Å². The maximum absolute atomic E-state index is 11.7. The van der Waals surface area contributed by atoms with E-state index in [4.69, 9.17) is 4.74 Å². The Morgan fingerprint density at radius 1 is 1.18 bits per heavy atom. The molecule has 2 rings (SSSR count). The van der Waals surface area contributed by atoms with Gasteiger partial charge in [-0.2, -0.15) is 0 Å². The Morgan fingerprint density at radius 3 is 2.41 bits per heavy atom. The van der Waals surface area contributed by atoms with Crippen LogP contribution in [-0.4, -0.2) is 18.2 Å². The topological polar surface area (TPSA) is 61.8 Å². The third-order valence-electron chi connectivity index (χ3n) is 3.10. The molecule has 0 unspecified atom stereocenters. The highest BCUT2D eigenvalue weighted by Crippen LogP contribution is 2.18. The van der Waals surface area contributed by atoms with Crippen molar-refractivity contribution in [2.45, 2.75) is 6.61 Å². The standard InChI is InChI=1S/C17H18N2O3/c1-13(20)19(2)16-10-8-15(9-11-16)18-17(21)22-12-14-6-4-3-5-7-14/h3-11,20H,1,12H2,2H3,(H,18,21). The number of nitrogens with one attached hydrogen (secondary N) is 1. The fourth-order valence-corrected chi connectivity index (χ4v) is 1.79. The summed E-state index contributed by atoms with van der Waals surface area (Å²) in [5.74, 6) is -0.0528. The Labute approximate surface area is 129 Å². The van der Waals surface area contributed by atoms with Gasteiger partial charge in [-0.1, -0.05) is 30.3 Å². The summed E-state index contributed by atoms with van der Waals surface area (Å²) in [6, 6.07) is 16.4. The van der Waals surface area contributed by atoms with E-state index in [9.17, 15) is 9.90 Å². The van der Waals surface area contributed by atoms with Crippen molar-refractivity contribution in [1.82, 2.24) is 0 Å². The summed E-state index contributed by atoms with van der Waals surface area (Å²) in [5, 5.41) is 12.0. The van der Waals surface area contributed by atoms with E-state index >= 15 is 0 Å². The molecule has 0 saturated carbocycles. The molecule has 114 valence electrons. The van der Waals surface area contributed by atoms with E-state index < -0.39 is 6.09 Å². The van der Waals surface area contributed by atoms with Gasteiger partial charge in [0.15, 0.2) is 5.88 Å². The number of amides is 1. The van der Waals surface area contributed by atoms with Crippen LogP contribution < -0.4 is 10.2 Å². The molecule has 2 N–H and O–H groups in total. The maximum atomic E-state index is 11.7. The molecule has 5 nitrogen and oxygen atoms in total. The van der Waals surface area contributed by atoms with Crippen molar-refractivity contribution in [3.8, 4) is 0 Å². The van der Waals surface area contributed by atoms with Crippen LogP contribution in [-0.2, 0) is 11.3 Å². The predicted octanol–water partition coefficient (Wildman–Crippen LogP) is 3.90. The molecule has 5 heteroatoms. The first-order valence-electron chi connectivity index (χ1n) is 6.75. The summed E-state index contributed by atoms with van der Waals surface area (Å²) in [7, 11) is 1.69. The lowest BCUT2D eigenvalue weighted by Crippen LogP contribution is -2.15. The molecular weight excluding hydrogens is 280 g/mol. The minimum absolute atomic E-state index is 0.0528. The third-order valence-corrected chi connectivity index (χ3v) is 3.10. The average Bonchev–Trinajstić information content (AvgIpc) is 2.54. The summed E-state index contributed by atoms with van der Waals surface area (Å²) in [5.41, 5.74) is 2.30. The van der Waals surface area contributed by atoms with Crippen LogP contribution in [0.2, 0.25) is 0 Å². The highest BCUT2D eigenvalue weighted by Gasteiger charge is 2.06. The molecule has 0 atom stereocenters. The molecule has 0 aliphatic rings. The van der Waals surface area contributed by atoms with Gasteiger partial charge >= 0.3 is 6.09 Å². The summed E-state index contributed by atoms with van der Waals surface area (Å²) in [4.78, 5) is 13.2. The Hall–Kier alpha value is -2.95. The fourth-order valence-electron chi connectivity index (χ4n) is 1.79. The summed E-state index contributed by atoms with van der Waals surface area (Å²) >= 11 is 0. The maximum Gasteiger partial charge on any atom is 0.411 e. The van der Waals surface area contributed by atoms with Gasteiger partial charge in [-0.25, -0.2) is 4.79 Å². The van der Waals surface area contributed by atoms with Gasteiger partial charge in [0.2, 0.25) is 0 Å². The largest absolute Gasteiger partial charge is 0.495 e. The monoisotopic (exact) mass is 298 g/mol. The van der Waals surface area contributed by atoms with Crippen LogP contribution in [0.15, 0.2) is 67.1 Å². The average molecular weight is 298 g/mol. The highest BCUT2D eigenvalue weighted by molar-refractivity contribution is 5.84. The SMILES string of the molecule is C=C(O)N(C)c1ccc(NC(=O)OCc2ccccc2)cc1. The zero-order chi connectivity index (χ0) is 15.9. The second-order valence-electron chi connectivity index (χ2n) is 4.71. The Balaban J connectivity index is 1.88. The number of hydrogen-bond acceptors (Lipinski definition) is 4. The van der Waals surface area contributed by atoms with Crippen LogP contribution in [0.4, 0.5) is 16.2 Å². The van der Waals surface area contributed by atoms with Crippen molar-refractivity contribution >= 4 is 17.5 Å². The molecule has 1 amide bonds. The van der Waals surface area contributed by atoms with Gasteiger partial charge in [0.05, 0.1) is 0 Å². The van der Waals surface area contributed by atoms with Crippen molar-refractivity contribution in [3.63, 3.8) is 0 Å². The van der Waals surface area contributed by atoms with Crippen LogP contribution in [0.5, 0.6) is 0 Å². The Bertz CT molecular complexity index is 639. The van der Waals surface area contributed by atoms with Crippen molar-refractivity contribution in [2.24, 2.45) is 0 Å². The Kier molecular flexibility index (Phi) is 5.03. The molecule has 0 aliphatic heterocycles. The third kappa shape index (κ3) is 4.28. The van der Waals surface area contributed by atoms with Crippen LogP contribution in [0.3, 0.4) is 0 Å². The van der Waals surface area contributed by atoms with Crippen LogP contribution in [0.25, 0.3) is 0 Å². The van der Waals surface area contributed by atoms with E-state index in [1.54, 1.807) is 31.3 Å². The number of ether oxygens (including phenoxy) is 1. The lowest BCUT2D eigenvalue weighted by molar-refractivity contribution is 0.155. The van der Waals surface area contributed by atoms with Crippen LogP contribution in [0, 0.1) is 0 Å². The molecule has 0 aromatic heterocycles. The van der Waals surface area contributed by atoms with E-state index in [1.165, 1.54) is 4.90 Å². The molecule has 0 fully saturated rings. The van der Waals surface area contributed by atoms with Crippen molar-refractivity contribution in [1.29, 1.82) is 0 Å². The number of hydrogen-bond donors (Lipinski definition) is 2. The minimum Gasteiger partial charge on any atom is -0.495 e. The van der Waals surface area contributed by atoms with E-state index in [-0.39, 0.29) is 12.5 Å². The first-order valence-corrected chi connectivity index (χ1v) is 6.75. The first-order chi connectivity index (χ1) is 10.6. The molecule has 22 heavy (non-hydrogen) atoms. The van der Waals surface area contributed by atoms with Gasteiger partial charge in [-0.3, -0.25) is 5.32 Å². The van der Waals surface area contributed by atoms with Crippen LogP contribution >= 0.6 is 0 Å². The molecule has 0 saturated heterocycles. The molecule has 0 spiro atoms. The number of nitrogens with zero attached hydrogens (tertiary/aromatic N) is 1. The normalized spacial score (nSPS) is 9.86.